The van der Waals surface area contributed by atoms with Crippen LogP contribution in [0.1, 0.15) is 16.0 Å². The molecule has 2 aromatic heterocycles. The van der Waals surface area contributed by atoms with E-state index < -0.39 is 0 Å². The number of aryl methyl sites for hydroxylation is 1. The molecule has 0 bridgehead atoms. The van der Waals surface area contributed by atoms with Gasteiger partial charge in [-0.05, 0) is 36.2 Å². The molecule has 0 amide bonds. The maximum absolute atomic E-state index is 5.20. The summed E-state index contributed by atoms with van der Waals surface area (Å²) in [6.07, 6.45) is 4.58. The van der Waals surface area contributed by atoms with Crippen molar-refractivity contribution in [1.82, 2.24) is 9.97 Å². The lowest BCUT2D eigenvalue weighted by atomic mass is 10.0. The first-order valence-electron chi connectivity index (χ1n) is 6.74. The van der Waals surface area contributed by atoms with Crippen molar-refractivity contribution >= 4 is 11.3 Å². The highest BCUT2D eigenvalue weighted by Crippen LogP contribution is 2.29. The molecule has 0 aliphatic heterocycles. The molecule has 106 valence electrons. The second-order valence-corrected chi connectivity index (χ2v) is 5.78. The van der Waals surface area contributed by atoms with E-state index >= 15 is 0 Å². The highest BCUT2D eigenvalue weighted by molar-refractivity contribution is 7.10. The van der Waals surface area contributed by atoms with E-state index in [0.29, 0.717) is 0 Å². The summed E-state index contributed by atoms with van der Waals surface area (Å²) >= 11 is 1.69. The summed E-state index contributed by atoms with van der Waals surface area (Å²) in [4.78, 5) is 10.0. The molecule has 0 aliphatic rings. The van der Waals surface area contributed by atoms with Gasteiger partial charge in [-0.15, -0.1) is 11.3 Å². The van der Waals surface area contributed by atoms with Gasteiger partial charge in [0.2, 0.25) is 0 Å². The fourth-order valence-electron chi connectivity index (χ4n) is 2.26. The van der Waals surface area contributed by atoms with Crippen LogP contribution in [0.25, 0.3) is 11.3 Å². The van der Waals surface area contributed by atoms with Crippen molar-refractivity contribution in [2.24, 2.45) is 0 Å². The van der Waals surface area contributed by atoms with Gasteiger partial charge in [0.1, 0.15) is 5.75 Å². The van der Waals surface area contributed by atoms with Crippen molar-refractivity contribution < 1.29 is 4.74 Å². The van der Waals surface area contributed by atoms with Crippen LogP contribution < -0.4 is 4.74 Å². The van der Waals surface area contributed by atoms with E-state index in [-0.39, 0.29) is 0 Å². The zero-order valence-electron chi connectivity index (χ0n) is 12.0. The number of thiazole rings is 1. The largest absolute Gasteiger partial charge is 0.497 e. The first-order chi connectivity index (χ1) is 10.3. The number of aromatic nitrogens is 2. The zero-order chi connectivity index (χ0) is 14.7. The average molecular weight is 296 g/mol. The van der Waals surface area contributed by atoms with Gasteiger partial charge < -0.3 is 4.74 Å². The molecule has 0 atom stereocenters. The first-order valence-corrected chi connectivity index (χ1v) is 7.62. The number of pyridine rings is 1. The van der Waals surface area contributed by atoms with Gasteiger partial charge in [-0.25, -0.2) is 4.98 Å². The van der Waals surface area contributed by atoms with Gasteiger partial charge >= 0.3 is 0 Å². The molecule has 2 heterocycles. The summed E-state index contributed by atoms with van der Waals surface area (Å²) in [5, 5.41) is 0. The summed E-state index contributed by atoms with van der Waals surface area (Å²) in [6, 6.07) is 10.2. The number of nitrogens with zero attached hydrogens (tertiary/aromatic N) is 2. The molecule has 3 aromatic rings. The maximum Gasteiger partial charge on any atom is 0.118 e. The molecule has 0 unspecified atom stereocenters. The van der Waals surface area contributed by atoms with Gasteiger partial charge in [0, 0.05) is 29.3 Å². The van der Waals surface area contributed by atoms with Crippen LogP contribution >= 0.6 is 11.3 Å². The number of ether oxygens (including phenoxy) is 1. The number of hydrogen-bond donors (Lipinski definition) is 0. The van der Waals surface area contributed by atoms with E-state index in [9.17, 15) is 0 Å². The van der Waals surface area contributed by atoms with Crippen molar-refractivity contribution in [2.45, 2.75) is 13.3 Å². The highest BCUT2D eigenvalue weighted by Gasteiger charge is 2.11. The second kappa shape index (κ2) is 6.06. The minimum Gasteiger partial charge on any atom is -0.497 e. The summed E-state index contributed by atoms with van der Waals surface area (Å²) in [5.74, 6) is 0.881. The van der Waals surface area contributed by atoms with Crippen LogP contribution in [0.2, 0.25) is 0 Å². The Bertz CT molecular complexity index is 735. The minimum absolute atomic E-state index is 0.873. The molecule has 3 nitrogen and oxygen atoms in total. The van der Waals surface area contributed by atoms with Crippen LogP contribution in [0, 0.1) is 6.92 Å². The monoisotopic (exact) mass is 296 g/mol. The average Bonchev–Trinajstić information content (AvgIpc) is 2.96. The molecule has 0 fully saturated rings. The Morgan fingerprint density at radius 2 is 1.95 bits per heavy atom. The molecular formula is C17H16N2OS. The normalized spacial score (nSPS) is 10.6. The van der Waals surface area contributed by atoms with Crippen LogP contribution in [0.5, 0.6) is 5.75 Å². The second-order valence-electron chi connectivity index (χ2n) is 4.84. The number of benzene rings is 1. The van der Waals surface area contributed by atoms with E-state index in [4.69, 9.17) is 4.74 Å². The number of hydrogen-bond acceptors (Lipinski definition) is 4. The van der Waals surface area contributed by atoms with Gasteiger partial charge in [-0.1, -0.05) is 12.1 Å². The van der Waals surface area contributed by atoms with E-state index in [1.54, 1.807) is 18.4 Å². The van der Waals surface area contributed by atoms with Crippen LogP contribution in [-0.4, -0.2) is 17.1 Å². The van der Waals surface area contributed by atoms with Gasteiger partial charge in [0.15, 0.2) is 0 Å². The van der Waals surface area contributed by atoms with E-state index in [1.807, 2.05) is 36.1 Å². The van der Waals surface area contributed by atoms with Gasteiger partial charge in [0.05, 0.1) is 18.3 Å². The maximum atomic E-state index is 5.20. The van der Waals surface area contributed by atoms with Crippen molar-refractivity contribution in [3.8, 4) is 17.0 Å². The van der Waals surface area contributed by atoms with E-state index in [1.165, 1.54) is 16.0 Å². The summed E-state index contributed by atoms with van der Waals surface area (Å²) in [5.41, 5.74) is 6.51. The molecule has 0 radical (unpaired) electrons. The Balaban J connectivity index is 1.90. The number of methoxy groups -OCH3 is 1. The van der Waals surface area contributed by atoms with Crippen molar-refractivity contribution in [1.29, 1.82) is 0 Å². The van der Waals surface area contributed by atoms with Crippen LogP contribution in [0.3, 0.4) is 0 Å². The smallest absolute Gasteiger partial charge is 0.118 e. The molecule has 1 aromatic carbocycles. The van der Waals surface area contributed by atoms with Crippen molar-refractivity contribution in [2.75, 3.05) is 7.11 Å². The molecule has 4 heteroatoms. The fraction of sp³-hybridized carbons (Fsp3) is 0.176. The Morgan fingerprint density at radius 3 is 2.67 bits per heavy atom. The topological polar surface area (TPSA) is 35.0 Å². The van der Waals surface area contributed by atoms with E-state index in [2.05, 4.69) is 29.0 Å². The predicted molar refractivity (Wildman–Crippen MR) is 85.9 cm³/mol. The molecule has 0 saturated heterocycles. The molecule has 0 spiro atoms. The van der Waals surface area contributed by atoms with Gasteiger partial charge in [0.25, 0.3) is 0 Å². The number of rotatable bonds is 4. The predicted octanol–water partition coefficient (Wildman–Crippen LogP) is 4.11. The van der Waals surface area contributed by atoms with Crippen LogP contribution in [0.15, 0.2) is 48.2 Å². The highest BCUT2D eigenvalue weighted by atomic mass is 32.1. The SMILES string of the molecule is COc1ccc(Cc2scnc2-c2cnccc2C)cc1. The fourth-order valence-corrected chi connectivity index (χ4v) is 3.07. The van der Waals surface area contributed by atoms with Crippen LogP contribution in [0.4, 0.5) is 0 Å². The lowest BCUT2D eigenvalue weighted by Gasteiger charge is -2.06. The Kier molecular flexibility index (Phi) is 3.97. The molecular weight excluding hydrogens is 280 g/mol. The molecule has 0 N–H and O–H groups in total. The van der Waals surface area contributed by atoms with Gasteiger partial charge in [-0.2, -0.15) is 0 Å². The third-order valence-corrected chi connectivity index (χ3v) is 4.29. The third-order valence-electron chi connectivity index (χ3n) is 3.46. The molecule has 0 aliphatic carbocycles. The van der Waals surface area contributed by atoms with Gasteiger partial charge in [-0.3, -0.25) is 4.98 Å². The third kappa shape index (κ3) is 2.95. The van der Waals surface area contributed by atoms with E-state index in [0.717, 1.165) is 23.4 Å². The lowest BCUT2D eigenvalue weighted by molar-refractivity contribution is 0.414. The summed E-state index contributed by atoms with van der Waals surface area (Å²) < 4.78 is 5.20. The quantitative estimate of drug-likeness (QED) is 0.726. The Morgan fingerprint density at radius 1 is 1.14 bits per heavy atom. The van der Waals surface area contributed by atoms with Crippen molar-refractivity contribution in [3.63, 3.8) is 0 Å². The molecule has 3 rings (SSSR count). The van der Waals surface area contributed by atoms with Crippen molar-refractivity contribution in [3.05, 3.63) is 64.2 Å². The first kappa shape index (κ1) is 13.8. The summed E-state index contributed by atoms with van der Waals surface area (Å²) in [7, 11) is 1.68. The molecule has 0 saturated carbocycles. The Hall–Kier alpha value is -2.20. The van der Waals surface area contributed by atoms with Crippen LogP contribution in [-0.2, 0) is 6.42 Å². The minimum atomic E-state index is 0.873. The molecule has 21 heavy (non-hydrogen) atoms. The Labute approximate surface area is 128 Å². The summed E-state index contributed by atoms with van der Waals surface area (Å²) in [6.45, 7) is 2.09. The lowest BCUT2D eigenvalue weighted by Crippen LogP contribution is -1.92. The zero-order valence-corrected chi connectivity index (χ0v) is 12.9. The standard InChI is InChI=1S/C17H16N2OS/c1-12-7-8-18-10-15(12)17-16(21-11-19-17)9-13-3-5-14(20-2)6-4-13/h3-8,10-11H,9H2,1-2H3.